The molecular formula is C12H9ClN2S. The molecule has 0 radical (unpaired) electrons. The van der Waals surface area contributed by atoms with E-state index in [0.717, 1.165) is 28.4 Å². The quantitative estimate of drug-likeness (QED) is 0.834. The predicted octanol–water partition coefficient (Wildman–Crippen LogP) is 3.45. The molecule has 0 amide bonds. The van der Waals surface area contributed by atoms with Crippen LogP contribution in [0.25, 0.3) is 0 Å². The molecule has 0 fully saturated rings. The zero-order valence-corrected chi connectivity index (χ0v) is 10.1. The Kier molecular flexibility index (Phi) is 3.55. The number of benzene rings is 1. The summed E-state index contributed by atoms with van der Waals surface area (Å²) in [6.07, 6.45) is 1.69. The lowest BCUT2D eigenvalue weighted by Gasteiger charge is -2.01. The summed E-state index contributed by atoms with van der Waals surface area (Å²) in [5, 5.41) is 12.2. The zero-order valence-electron chi connectivity index (χ0n) is 8.48. The van der Waals surface area contributed by atoms with Gasteiger partial charge in [-0.1, -0.05) is 29.8 Å². The number of nitrogens with zero attached hydrogens (tertiary/aromatic N) is 2. The monoisotopic (exact) mass is 248 g/mol. The summed E-state index contributed by atoms with van der Waals surface area (Å²) in [5.74, 6) is 0. The number of aryl methyl sites for hydroxylation is 2. The van der Waals surface area contributed by atoms with Crippen LogP contribution >= 0.6 is 22.9 Å². The SMILES string of the molecule is N#Cc1csc(CCc2ccccc2Cl)n1. The molecule has 0 atom stereocenters. The molecule has 0 saturated carbocycles. The van der Waals surface area contributed by atoms with Crippen LogP contribution in [0.4, 0.5) is 0 Å². The van der Waals surface area contributed by atoms with E-state index in [1.807, 2.05) is 30.3 Å². The minimum absolute atomic E-state index is 0.499. The van der Waals surface area contributed by atoms with Crippen LogP contribution in [0.3, 0.4) is 0 Å². The molecule has 0 bridgehead atoms. The molecule has 0 aliphatic heterocycles. The Labute approximate surface area is 103 Å². The highest BCUT2D eigenvalue weighted by atomic mass is 35.5. The molecule has 0 spiro atoms. The molecule has 0 N–H and O–H groups in total. The van der Waals surface area contributed by atoms with Crippen LogP contribution in [0.1, 0.15) is 16.3 Å². The van der Waals surface area contributed by atoms with Gasteiger partial charge in [0.15, 0.2) is 5.69 Å². The van der Waals surface area contributed by atoms with E-state index in [-0.39, 0.29) is 0 Å². The van der Waals surface area contributed by atoms with Crippen molar-refractivity contribution >= 4 is 22.9 Å². The van der Waals surface area contributed by atoms with E-state index in [4.69, 9.17) is 16.9 Å². The summed E-state index contributed by atoms with van der Waals surface area (Å²) >= 11 is 7.58. The average Bonchev–Trinajstić information content (AvgIpc) is 2.76. The fraction of sp³-hybridized carbons (Fsp3) is 0.167. The van der Waals surface area contributed by atoms with Gasteiger partial charge in [-0.05, 0) is 18.1 Å². The lowest BCUT2D eigenvalue weighted by Crippen LogP contribution is -1.91. The summed E-state index contributed by atoms with van der Waals surface area (Å²) < 4.78 is 0. The number of thiazole rings is 1. The fourth-order valence-corrected chi connectivity index (χ4v) is 2.37. The minimum atomic E-state index is 0.499. The lowest BCUT2D eigenvalue weighted by atomic mass is 10.1. The van der Waals surface area contributed by atoms with E-state index >= 15 is 0 Å². The fourth-order valence-electron chi connectivity index (χ4n) is 1.42. The van der Waals surface area contributed by atoms with E-state index < -0.39 is 0 Å². The first-order valence-electron chi connectivity index (χ1n) is 4.87. The first-order valence-corrected chi connectivity index (χ1v) is 6.13. The Hall–Kier alpha value is -1.37. The molecule has 4 heteroatoms. The van der Waals surface area contributed by atoms with Crippen molar-refractivity contribution < 1.29 is 0 Å². The first-order chi connectivity index (χ1) is 7.79. The molecule has 0 saturated heterocycles. The highest BCUT2D eigenvalue weighted by Gasteiger charge is 2.03. The van der Waals surface area contributed by atoms with Crippen LogP contribution in [0.5, 0.6) is 0 Å². The molecule has 2 nitrogen and oxygen atoms in total. The van der Waals surface area contributed by atoms with Crippen LogP contribution in [0.2, 0.25) is 5.02 Å². The van der Waals surface area contributed by atoms with E-state index in [2.05, 4.69) is 4.98 Å². The third kappa shape index (κ3) is 2.60. The van der Waals surface area contributed by atoms with E-state index in [1.54, 1.807) is 5.38 Å². The number of rotatable bonds is 3. The highest BCUT2D eigenvalue weighted by molar-refractivity contribution is 7.09. The van der Waals surface area contributed by atoms with Crippen LogP contribution in [0.15, 0.2) is 29.6 Å². The van der Waals surface area contributed by atoms with Crippen LogP contribution < -0.4 is 0 Å². The minimum Gasteiger partial charge on any atom is -0.231 e. The average molecular weight is 249 g/mol. The second-order valence-corrected chi connectivity index (χ2v) is 4.68. The van der Waals surface area contributed by atoms with Crippen LogP contribution in [0, 0.1) is 11.3 Å². The topological polar surface area (TPSA) is 36.7 Å². The van der Waals surface area contributed by atoms with Crippen LogP contribution in [-0.2, 0) is 12.8 Å². The van der Waals surface area contributed by atoms with Gasteiger partial charge >= 0.3 is 0 Å². The van der Waals surface area contributed by atoms with E-state index in [1.165, 1.54) is 11.3 Å². The Balaban J connectivity index is 2.03. The Morgan fingerprint density at radius 1 is 1.31 bits per heavy atom. The maximum atomic E-state index is 8.65. The van der Waals surface area contributed by atoms with Crippen LogP contribution in [-0.4, -0.2) is 4.98 Å². The van der Waals surface area contributed by atoms with Crippen molar-refractivity contribution in [3.63, 3.8) is 0 Å². The number of nitriles is 1. The van der Waals surface area contributed by atoms with Gasteiger partial charge in [0.05, 0.1) is 5.01 Å². The molecule has 0 aliphatic rings. The Morgan fingerprint density at radius 3 is 2.81 bits per heavy atom. The maximum absolute atomic E-state index is 8.65. The van der Waals surface area contributed by atoms with Crippen molar-refractivity contribution in [1.82, 2.24) is 4.98 Å². The molecule has 16 heavy (non-hydrogen) atoms. The number of hydrogen-bond donors (Lipinski definition) is 0. The van der Waals surface area contributed by atoms with Gasteiger partial charge < -0.3 is 0 Å². The molecular weight excluding hydrogens is 240 g/mol. The van der Waals surface area contributed by atoms with Crippen molar-refractivity contribution in [1.29, 1.82) is 5.26 Å². The smallest absolute Gasteiger partial charge is 0.151 e. The van der Waals surface area contributed by atoms with Gasteiger partial charge in [-0.15, -0.1) is 11.3 Å². The van der Waals surface area contributed by atoms with E-state index in [0.29, 0.717) is 5.69 Å². The third-order valence-corrected chi connectivity index (χ3v) is 3.51. The number of hydrogen-bond acceptors (Lipinski definition) is 3. The van der Waals surface area contributed by atoms with Gasteiger partial charge in [0.1, 0.15) is 6.07 Å². The second kappa shape index (κ2) is 5.11. The third-order valence-electron chi connectivity index (χ3n) is 2.23. The van der Waals surface area contributed by atoms with Crippen molar-refractivity contribution in [2.75, 3.05) is 0 Å². The maximum Gasteiger partial charge on any atom is 0.151 e. The second-order valence-electron chi connectivity index (χ2n) is 3.33. The zero-order chi connectivity index (χ0) is 11.4. The number of aromatic nitrogens is 1. The number of halogens is 1. The van der Waals surface area contributed by atoms with Crippen molar-refractivity contribution in [2.45, 2.75) is 12.8 Å². The van der Waals surface area contributed by atoms with Gasteiger partial charge in [0.25, 0.3) is 0 Å². The van der Waals surface area contributed by atoms with Gasteiger partial charge in [-0.3, -0.25) is 0 Å². The highest BCUT2D eigenvalue weighted by Crippen LogP contribution is 2.18. The molecule has 2 aromatic rings. The summed E-state index contributed by atoms with van der Waals surface area (Å²) in [7, 11) is 0. The molecule has 1 aromatic heterocycles. The molecule has 1 aromatic carbocycles. The largest absolute Gasteiger partial charge is 0.231 e. The van der Waals surface area contributed by atoms with Gasteiger partial charge in [0.2, 0.25) is 0 Å². The Morgan fingerprint density at radius 2 is 2.12 bits per heavy atom. The standard InChI is InChI=1S/C12H9ClN2S/c13-11-4-2-1-3-9(11)5-6-12-15-10(7-14)8-16-12/h1-4,8H,5-6H2. The summed E-state index contributed by atoms with van der Waals surface area (Å²) in [6.45, 7) is 0. The normalized spacial score (nSPS) is 10.0. The van der Waals surface area contributed by atoms with Gasteiger partial charge in [0, 0.05) is 16.8 Å². The van der Waals surface area contributed by atoms with Gasteiger partial charge in [-0.2, -0.15) is 5.26 Å². The molecule has 0 unspecified atom stereocenters. The summed E-state index contributed by atoms with van der Waals surface area (Å²) in [4.78, 5) is 4.19. The lowest BCUT2D eigenvalue weighted by molar-refractivity contribution is 0.941. The summed E-state index contributed by atoms with van der Waals surface area (Å²) in [6, 6.07) is 9.83. The Bertz CT molecular complexity index is 528. The molecule has 0 aliphatic carbocycles. The van der Waals surface area contributed by atoms with Crippen molar-refractivity contribution in [3.8, 4) is 6.07 Å². The molecule has 2 rings (SSSR count). The summed E-state index contributed by atoms with van der Waals surface area (Å²) in [5.41, 5.74) is 1.62. The van der Waals surface area contributed by atoms with E-state index in [9.17, 15) is 0 Å². The first kappa shape index (κ1) is 11.1. The van der Waals surface area contributed by atoms with Gasteiger partial charge in [-0.25, -0.2) is 4.98 Å². The predicted molar refractivity (Wildman–Crippen MR) is 65.7 cm³/mol. The van der Waals surface area contributed by atoms with Crippen molar-refractivity contribution in [3.05, 3.63) is 50.9 Å². The van der Waals surface area contributed by atoms with Crippen molar-refractivity contribution in [2.24, 2.45) is 0 Å². The molecule has 1 heterocycles. The molecule has 80 valence electrons.